The third-order valence-corrected chi connectivity index (χ3v) is 3.49. The first kappa shape index (κ1) is 16.7. The molecule has 20 heavy (non-hydrogen) atoms. The summed E-state index contributed by atoms with van der Waals surface area (Å²) in [7, 11) is 0. The molecular weight excluding hydrogens is 248 g/mol. The Hall–Kier alpha value is -1.31. The second-order valence-corrected chi connectivity index (χ2v) is 6.65. The zero-order chi connectivity index (χ0) is 15.2. The third-order valence-electron chi connectivity index (χ3n) is 3.49. The van der Waals surface area contributed by atoms with Gasteiger partial charge in [0.2, 0.25) is 0 Å². The minimum atomic E-state index is -0.408. The minimum absolute atomic E-state index is 0.102. The van der Waals surface area contributed by atoms with Crippen molar-refractivity contribution >= 4 is 5.97 Å². The quantitative estimate of drug-likeness (QED) is 0.688. The number of carbonyl (C=O) groups excluding carboxylic acids is 1. The lowest BCUT2D eigenvalue weighted by Crippen LogP contribution is -2.25. The van der Waals surface area contributed by atoms with Gasteiger partial charge in [0.15, 0.2) is 0 Å². The van der Waals surface area contributed by atoms with Crippen LogP contribution in [0.2, 0.25) is 0 Å². The van der Waals surface area contributed by atoms with Gasteiger partial charge in [0.1, 0.15) is 5.60 Å². The molecule has 0 N–H and O–H groups in total. The summed E-state index contributed by atoms with van der Waals surface area (Å²) in [5.74, 6) is 0.762. The maximum absolute atomic E-state index is 12.1. The van der Waals surface area contributed by atoms with Crippen LogP contribution in [0.1, 0.15) is 65.4 Å². The lowest BCUT2D eigenvalue weighted by atomic mass is 9.86. The van der Waals surface area contributed by atoms with Gasteiger partial charge in [0.05, 0.1) is 6.42 Å². The van der Waals surface area contributed by atoms with Crippen molar-refractivity contribution in [3.63, 3.8) is 0 Å². The van der Waals surface area contributed by atoms with Gasteiger partial charge in [-0.1, -0.05) is 50.6 Å². The molecule has 1 rings (SSSR count). The first-order valence-corrected chi connectivity index (χ1v) is 7.58. The molecule has 0 saturated carbocycles. The second-order valence-electron chi connectivity index (χ2n) is 6.65. The van der Waals surface area contributed by atoms with Crippen LogP contribution >= 0.6 is 0 Å². The molecule has 0 amide bonds. The van der Waals surface area contributed by atoms with E-state index in [1.54, 1.807) is 0 Å². The fourth-order valence-corrected chi connectivity index (χ4v) is 2.30. The number of hydrogen-bond acceptors (Lipinski definition) is 2. The van der Waals surface area contributed by atoms with E-state index in [0.29, 0.717) is 12.3 Å². The van der Waals surface area contributed by atoms with E-state index in [0.717, 1.165) is 12.8 Å². The zero-order valence-electron chi connectivity index (χ0n) is 13.5. The van der Waals surface area contributed by atoms with Gasteiger partial charge in [0, 0.05) is 0 Å². The van der Waals surface area contributed by atoms with Gasteiger partial charge in [0.25, 0.3) is 0 Å². The summed E-state index contributed by atoms with van der Waals surface area (Å²) in [5.41, 5.74) is 0.827. The maximum atomic E-state index is 12.1. The SMILES string of the molecule is CCC(C)CC(CC(=O)OC(C)(C)C)c1ccccc1. The molecule has 2 unspecified atom stereocenters. The molecule has 2 heteroatoms. The van der Waals surface area contributed by atoms with Crippen LogP contribution in [0.3, 0.4) is 0 Å². The molecule has 1 aromatic carbocycles. The Morgan fingerprint density at radius 2 is 1.80 bits per heavy atom. The lowest BCUT2D eigenvalue weighted by molar-refractivity contribution is -0.155. The van der Waals surface area contributed by atoms with E-state index in [2.05, 4.69) is 26.0 Å². The van der Waals surface area contributed by atoms with Gasteiger partial charge < -0.3 is 4.74 Å². The highest BCUT2D eigenvalue weighted by atomic mass is 16.6. The molecule has 2 nitrogen and oxygen atoms in total. The van der Waals surface area contributed by atoms with Crippen molar-refractivity contribution in [1.82, 2.24) is 0 Å². The Kier molecular flexibility index (Phi) is 6.25. The Morgan fingerprint density at radius 3 is 2.30 bits per heavy atom. The summed E-state index contributed by atoms with van der Waals surface area (Å²) < 4.78 is 5.47. The van der Waals surface area contributed by atoms with E-state index in [-0.39, 0.29) is 11.9 Å². The second kappa shape index (κ2) is 7.47. The standard InChI is InChI=1S/C18H28O2/c1-6-14(2)12-16(15-10-8-7-9-11-15)13-17(19)20-18(3,4)5/h7-11,14,16H,6,12-13H2,1-5H3. The van der Waals surface area contributed by atoms with E-state index >= 15 is 0 Å². The molecule has 0 aliphatic heterocycles. The normalized spacial score (nSPS) is 14.7. The van der Waals surface area contributed by atoms with Crippen molar-refractivity contribution in [3.05, 3.63) is 35.9 Å². The van der Waals surface area contributed by atoms with Gasteiger partial charge in [-0.05, 0) is 44.6 Å². The van der Waals surface area contributed by atoms with Crippen molar-refractivity contribution in [2.75, 3.05) is 0 Å². The molecular formula is C18H28O2. The fraction of sp³-hybridized carbons (Fsp3) is 0.611. The highest BCUT2D eigenvalue weighted by Crippen LogP contribution is 2.29. The highest BCUT2D eigenvalue weighted by molar-refractivity contribution is 5.71. The molecule has 112 valence electrons. The molecule has 0 radical (unpaired) electrons. The summed E-state index contributed by atoms with van der Waals surface area (Å²) in [6, 6.07) is 10.3. The number of carbonyl (C=O) groups is 1. The van der Waals surface area contributed by atoms with Crippen LogP contribution in [0.5, 0.6) is 0 Å². The minimum Gasteiger partial charge on any atom is -0.460 e. The monoisotopic (exact) mass is 276 g/mol. The zero-order valence-corrected chi connectivity index (χ0v) is 13.5. The van der Waals surface area contributed by atoms with Crippen LogP contribution in [0, 0.1) is 5.92 Å². The fourth-order valence-electron chi connectivity index (χ4n) is 2.30. The number of esters is 1. The highest BCUT2D eigenvalue weighted by Gasteiger charge is 2.22. The Balaban J connectivity index is 2.76. The summed E-state index contributed by atoms with van der Waals surface area (Å²) in [6.07, 6.45) is 2.63. The maximum Gasteiger partial charge on any atom is 0.306 e. The Labute approximate surface area is 123 Å². The van der Waals surface area contributed by atoms with Crippen LogP contribution in [-0.2, 0) is 9.53 Å². The van der Waals surface area contributed by atoms with Crippen LogP contribution in [0.25, 0.3) is 0 Å². The predicted octanol–water partition coefficient (Wildman–Crippen LogP) is 4.94. The molecule has 0 aromatic heterocycles. The van der Waals surface area contributed by atoms with Gasteiger partial charge in [-0.3, -0.25) is 4.79 Å². The average molecular weight is 276 g/mol. The van der Waals surface area contributed by atoms with Crippen molar-refractivity contribution < 1.29 is 9.53 Å². The van der Waals surface area contributed by atoms with E-state index in [9.17, 15) is 4.79 Å². The summed E-state index contributed by atoms with van der Waals surface area (Å²) >= 11 is 0. The number of rotatable bonds is 6. The molecule has 0 fully saturated rings. The molecule has 0 bridgehead atoms. The largest absolute Gasteiger partial charge is 0.460 e. The van der Waals surface area contributed by atoms with Crippen molar-refractivity contribution in [3.8, 4) is 0 Å². The smallest absolute Gasteiger partial charge is 0.306 e. The molecule has 1 aromatic rings. The van der Waals surface area contributed by atoms with E-state index in [4.69, 9.17) is 4.74 Å². The average Bonchev–Trinajstić information content (AvgIpc) is 2.36. The first-order valence-electron chi connectivity index (χ1n) is 7.58. The third kappa shape index (κ3) is 6.23. The number of ether oxygens (including phenoxy) is 1. The molecule has 0 spiro atoms. The van der Waals surface area contributed by atoms with Gasteiger partial charge in [-0.2, -0.15) is 0 Å². The molecule has 2 atom stereocenters. The molecule has 0 aliphatic carbocycles. The number of hydrogen-bond donors (Lipinski definition) is 0. The summed E-state index contributed by atoms with van der Waals surface area (Å²) in [6.45, 7) is 10.2. The first-order chi connectivity index (χ1) is 9.31. The topological polar surface area (TPSA) is 26.3 Å². The Bertz CT molecular complexity index is 403. The molecule has 0 saturated heterocycles. The van der Waals surface area contributed by atoms with Gasteiger partial charge >= 0.3 is 5.97 Å². The van der Waals surface area contributed by atoms with Crippen LogP contribution in [-0.4, -0.2) is 11.6 Å². The molecule has 0 heterocycles. The van der Waals surface area contributed by atoms with Gasteiger partial charge in [-0.15, -0.1) is 0 Å². The predicted molar refractivity (Wildman–Crippen MR) is 83.7 cm³/mol. The summed E-state index contributed by atoms with van der Waals surface area (Å²) in [4.78, 5) is 12.1. The van der Waals surface area contributed by atoms with E-state index in [1.807, 2.05) is 39.0 Å². The van der Waals surface area contributed by atoms with Crippen molar-refractivity contribution in [1.29, 1.82) is 0 Å². The lowest BCUT2D eigenvalue weighted by Gasteiger charge is -2.24. The van der Waals surface area contributed by atoms with E-state index < -0.39 is 5.60 Å². The van der Waals surface area contributed by atoms with Gasteiger partial charge in [-0.25, -0.2) is 0 Å². The Morgan fingerprint density at radius 1 is 1.20 bits per heavy atom. The number of benzene rings is 1. The summed E-state index contributed by atoms with van der Waals surface area (Å²) in [5, 5.41) is 0. The molecule has 0 aliphatic rings. The van der Waals surface area contributed by atoms with Crippen LogP contribution in [0.15, 0.2) is 30.3 Å². The van der Waals surface area contributed by atoms with E-state index in [1.165, 1.54) is 5.56 Å². The van der Waals surface area contributed by atoms with Crippen molar-refractivity contribution in [2.24, 2.45) is 5.92 Å². The van der Waals surface area contributed by atoms with Crippen molar-refractivity contribution in [2.45, 2.75) is 65.4 Å². The van der Waals surface area contributed by atoms with Crippen LogP contribution < -0.4 is 0 Å². The van der Waals surface area contributed by atoms with Crippen LogP contribution in [0.4, 0.5) is 0 Å².